The van der Waals surface area contributed by atoms with Crippen LogP contribution in [0.2, 0.25) is 0 Å². The van der Waals surface area contributed by atoms with Crippen LogP contribution in [-0.2, 0) is 0 Å². The maximum absolute atomic E-state index is 5.66. The van der Waals surface area contributed by atoms with Gasteiger partial charge in [-0.15, -0.1) is 0 Å². The molecule has 0 unspecified atom stereocenters. The lowest BCUT2D eigenvalue weighted by molar-refractivity contribution is 0.308. The number of unbranched alkanes of at least 4 members (excludes halogenated alkanes) is 1. The number of nitrogens with zero attached hydrogens (tertiary/aromatic N) is 2. The fourth-order valence-corrected chi connectivity index (χ4v) is 2.21. The lowest BCUT2D eigenvalue weighted by Gasteiger charge is -2.06. The number of rotatable bonds is 7. The Morgan fingerprint density at radius 3 is 2.63 bits per heavy atom. The van der Waals surface area contributed by atoms with E-state index in [-0.39, 0.29) is 0 Å². The molecule has 2 aromatic rings. The Kier molecular flexibility index (Phi) is 5.15. The first-order chi connectivity index (χ1) is 9.24. The van der Waals surface area contributed by atoms with E-state index in [9.17, 15) is 0 Å². The zero-order valence-corrected chi connectivity index (χ0v) is 12.2. The van der Waals surface area contributed by atoms with E-state index in [1.54, 1.807) is 0 Å². The highest BCUT2D eigenvalue weighted by atomic mass is 32.1. The van der Waals surface area contributed by atoms with Crippen molar-refractivity contribution in [2.75, 3.05) is 18.5 Å². The zero-order chi connectivity index (χ0) is 13.5. The molecule has 0 aliphatic heterocycles. The van der Waals surface area contributed by atoms with Crippen molar-refractivity contribution in [3.05, 3.63) is 35.7 Å². The van der Waals surface area contributed by atoms with Crippen molar-refractivity contribution in [3.8, 4) is 5.75 Å². The summed E-state index contributed by atoms with van der Waals surface area (Å²) in [5.41, 5.74) is 1.25. The third-order valence-corrected chi connectivity index (χ3v) is 3.43. The van der Waals surface area contributed by atoms with Gasteiger partial charge < -0.3 is 10.1 Å². The minimum absolute atomic E-state index is 0.750. The maximum atomic E-state index is 5.66. The van der Waals surface area contributed by atoms with Gasteiger partial charge in [-0.25, -0.2) is 4.98 Å². The van der Waals surface area contributed by atoms with Gasteiger partial charge in [0.05, 0.1) is 6.61 Å². The fourth-order valence-electron chi connectivity index (χ4n) is 1.62. The first-order valence-corrected chi connectivity index (χ1v) is 7.25. The lowest BCUT2D eigenvalue weighted by atomic mass is 10.2. The van der Waals surface area contributed by atoms with E-state index in [0.29, 0.717) is 0 Å². The summed E-state index contributed by atoms with van der Waals surface area (Å²) >= 11 is 1.41. The van der Waals surface area contributed by atoms with Crippen molar-refractivity contribution < 1.29 is 4.74 Å². The molecule has 1 heterocycles. The van der Waals surface area contributed by atoms with Gasteiger partial charge in [-0.3, -0.25) is 0 Å². The minimum atomic E-state index is 0.750. The summed E-state index contributed by atoms with van der Waals surface area (Å²) in [6.45, 7) is 5.63. The first kappa shape index (κ1) is 13.8. The van der Waals surface area contributed by atoms with E-state index in [1.165, 1.54) is 17.1 Å². The molecule has 0 spiro atoms. The molecule has 0 saturated heterocycles. The summed E-state index contributed by atoms with van der Waals surface area (Å²) in [5, 5.41) is 4.16. The van der Waals surface area contributed by atoms with Crippen LogP contribution < -0.4 is 10.1 Å². The monoisotopic (exact) mass is 277 g/mol. The molecular formula is C14H19N3OS. The molecule has 1 N–H and O–H groups in total. The van der Waals surface area contributed by atoms with E-state index in [0.717, 1.165) is 42.7 Å². The van der Waals surface area contributed by atoms with Crippen LogP contribution in [0, 0.1) is 13.8 Å². The second-order valence-corrected chi connectivity index (χ2v) is 5.19. The van der Waals surface area contributed by atoms with Crippen molar-refractivity contribution in [2.45, 2.75) is 26.7 Å². The standard InChI is InChI=1S/C14H19N3OS/c1-11-5-7-13(8-6-11)18-10-4-3-9-15-14-16-12(2)17-19-14/h5-8H,3-4,9-10H2,1-2H3,(H,15,16,17). The molecule has 0 aliphatic rings. The molecule has 0 aliphatic carbocycles. The largest absolute Gasteiger partial charge is 0.494 e. The van der Waals surface area contributed by atoms with Gasteiger partial charge in [-0.1, -0.05) is 17.7 Å². The highest BCUT2D eigenvalue weighted by Crippen LogP contribution is 2.12. The van der Waals surface area contributed by atoms with Crippen LogP contribution in [-0.4, -0.2) is 22.5 Å². The predicted octanol–water partition coefficient (Wildman–Crippen LogP) is 3.43. The summed E-state index contributed by atoms with van der Waals surface area (Å²) in [5.74, 6) is 1.77. The molecule has 5 heteroatoms. The maximum Gasteiger partial charge on any atom is 0.202 e. The molecule has 0 atom stereocenters. The number of anilines is 1. The van der Waals surface area contributed by atoms with Crippen LogP contribution in [0.3, 0.4) is 0 Å². The van der Waals surface area contributed by atoms with Crippen molar-refractivity contribution in [1.29, 1.82) is 0 Å². The second-order valence-electron chi connectivity index (χ2n) is 4.44. The van der Waals surface area contributed by atoms with Gasteiger partial charge >= 0.3 is 0 Å². The number of nitrogens with one attached hydrogen (secondary N) is 1. The zero-order valence-electron chi connectivity index (χ0n) is 11.3. The first-order valence-electron chi connectivity index (χ1n) is 6.48. The molecule has 0 amide bonds. The Bertz CT molecular complexity index is 496. The van der Waals surface area contributed by atoms with Crippen molar-refractivity contribution in [3.63, 3.8) is 0 Å². The van der Waals surface area contributed by atoms with Gasteiger partial charge in [0, 0.05) is 18.1 Å². The topological polar surface area (TPSA) is 47.0 Å². The van der Waals surface area contributed by atoms with Crippen LogP contribution in [0.4, 0.5) is 5.13 Å². The summed E-state index contributed by atoms with van der Waals surface area (Å²) in [6.07, 6.45) is 2.09. The Morgan fingerprint density at radius 1 is 1.16 bits per heavy atom. The molecule has 1 aromatic heterocycles. The van der Waals surface area contributed by atoms with Crippen molar-refractivity contribution in [1.82, 2.24) is 9.36 Å². The van der Waals surface area contributed by atoms with Crippen LogP contribution in [0.15, 0.2) is 24.3 Å². The van der Waals surface area contributed by atoms with E-state index < -0.39 is 0 Å². The third-order valence-electron chi connectivity index (χ3n) is 2.66. The van der Waals surface area contributed by atoms with E-state index >= 15 is 0 Å². The molecular weight excluding hydrogens is 258 g/mol. The summed E-state index contributed by atoms with van der Waals surface area (Å²) in [4.78, 5) is 4.25. The summed E-state index contributed by atoms with van der Waals surface area (Å²) in [7, 11) is 0. The van der Waals surface area contributed by atoms with Crippen LogP contribution in [0.25, 0.3) is 0 Å². The molecule has 0 fully saturated rings. The molecule has 4 nitrogen and oxygen atoms in total. The average molecular weight is 277 g/mol. The van der Waals surface area contributed by atoms with Crippen LogP contribution in [0.5, 0.6) is 5.75 Å². The number of aryl methyl sites for hydroxylation is 2. The van der Waals surface area contributed by atoms with E-state index in [4.69, 9.17) is 4.74 Å². The average Bonchev–Trinajstić information content (AvgIpc) is 2.81. The second kappa shape index (κ2) is 7.09. The van der Waals surface area contributed by atoms with Gasteiger partial charge in [-0.05, 0) is 38.8 Å². The Labute approximate surface area is 118 Å². The van der Waals surface area contributed by atoms with Gasteiger partial charge in [-0.2, -0.15) is 4.37 Å². The Balaban J connectivity index is 1.56. The van der Waals surface area contributed by atoms with Gasteiger partial charge in [0.25, 0.3) is 0 Å². The van der Waals surface area contributed by atoms with Gasteiger partial charge in [0.15, 0.2) is 0 Å². The Morgan fingerprint density at radius 2 is 1.95 bits per heavy atom. The van der Waals surface area contributed by atoms with Gasteiger partial charge in [0.1, 0.15) is 11.6 Å². The number of hydrogen-bond donors (Lipinski definition) is 1. The summed E-state index contributed by atoms with van der Waals surface area (Å²) < 4.78 is 9.79. The fraction of sp³-hybridized carbons (Fsp3) is 0.429. The van der Waals surface area contributed by atoms with E-state index in [2.05, 4.69) is 33.7 Å². The van der Waals surface area contributed by atoms with Gasteiger partial charge in [0.2, 0.25) is 5.13 Å². The molecule has 2 rings (SSSR count). The third kappa shape index (κ3) is 4.87. The molecule has 0 radical (unpaired) electrons. The van der Waals surface area contributed by atoms with E-state index in [1.807, 2.05) is 19.1 Å². The Hall–Kier alpha value is -1.62. The van der Waals surface area contributed by atoms with Crippen LogP contribution in [0.1, 0.15) is 24.2 Å². The SMILES string of the molecule is Cc1ccc(OCCCCNc2nc(C)ns2)cc1. The molecule has 19 heavy (non-hydrogen) atoms. The number of aromatic nitrogens is 2. The van der Waals surface area contributed by atoms with Crippen molar-refractivity contribution in [2.24, 2.45) is 0 Å². The normalized spacial score (nSPS) is 10.4. The molecule has 102 valence electrons. The van der Waals surface area contributed by atoms with Crippen LogP contribution >= 0.6 is 11.5 Å². The summed E-state index contributed by atoms with van der Waals surface area (Å²) in [6, 6.07) is 8.15. The molecule has 1 aromatic carbocycles. The number of hydrogen-bond acceptors (Lipinski definition) is 5. The van der Waals surface area contributed by atoms with Crippen molar-refractivity contribution >= 4 is 16.7 Å². The molecule has 0 bridgehead atoms. The quantitative estimate of drug-likeness (QED) is 0.788. The lowest BCUT2D eigenvalue weighted by Crippen LogP contribution is -2.04. The highest BCUT2D eigenvalue weighted by Gasteiger charge is 1.98. The highest BCUT2D eigenvalue weighted by molar-refractivity contribution is 7.09. The smallest absolute Gasteiger partial charge is 0.202 e. The number of benzene rings is 1. The predicted molar refractivity (Wildman–Crippen MR) is 79.0 cm³/mol. The molecule has 0 saturated carbocycles. The number of ether oxygens (including phenoxy) is 1. The minimum Gasteiger partial charge on any atom is -0.494 e.